The number of rotatable bonds is 4. The lowest BCUT2D eigenvalue weighted by Crippen LogP contribution is -2.35. The van der Waals surface area contributed by atoms with Crippen molar-refractivity contribution in [2.75, 3.05) is 12.4 Å². The molecule has 2 unspecified atom stereocenters. The lowest BCUT2D eigenvalue weighted by atomic mass is 9.83. The minimum absolute atomic E-state index is 0.0753. The molecule has 0 spiro atoms. The van der Waals surface area contributed by atoms with E-state index in [0.29, 0.717) is 17.7 Å². The zero-order valence-corrected chi connectivity index (χ0v) is 12.4. The number of nitrogens with two attached hydrogens (primary N) is 1. The van der Waals surface area contributed by atoms with Crippen LogP contribution in [0.5, 0.6) is 0 Å². The van der Waals surface area contributed by atoms with Crippen LogP contribution in [0.1, 0.15) is 42.5 Å². The number of benzene rings is 1. The number of nitrogens with one attached hydrogen (secondary N) is 2. The van der Waals surface area contributed by atoms with Crippen molar-refractivity contribution in [1.82, 2.24) is 5.32 Å². The van der Waals surface area contributed by atoms with Crippen molar-refractivity contribution in [2.24, 2.45) is 11.7 Å². The van der Waals surface area contributed by atoms with Gasteiger partial charge in [0.05, 0.1) is 11.3 Å². The van der Waals surface area contributed by atoms with Gasteiger partial charge in [0.1, 0.15) is 0 Å². The van der Waals surface area contributed by atoms with Gasteiger partial charge < -0.3 is 16.4 Å². The summed E-state index contributed by atoms with van der Waals surface area (Å²) < 4.78 is 0. The van der Waals surface area contributed by atoms with Crippen LogP contribution in [0.15, 0.2) is 24.3 Å². The third kappa shape index (κ3) is 4.04. The van der Waals surface area contributed by atoms with Gasteiger partial charge in [-0.05, 0) is 30.9 Å². The Morgan fingerprint density at radius 2 is 1.95 bits per heavy atom. The maximum Gasteiger partial charge on any atom is 0.253 e. The van der Waals surface area contributed by atoms with Crippen molar-refractivity contribution < 1.29 is 9.59 Å². The van der Waals surface area contributed by atoms with E-state index in [0.717, 1.165) is 25.7 Å². The van der Waals surface area contributed by atoms with E-state index in [4.69, 9.17) is 5.73 Å². The average molecular weight is 289 g/mol. The summed E-state index contributed by atoms with van der Waals surface area (Å²) in [7, 11) is 1.57. The van der Waals surface area contributed by atoms with Crippen molar-refractivity contribution in [1.29, 1.82) is 0 Å². The molecule has 1 saturated carbocycles. The summed E-state index contributed by atoms with van der Waals surface area (Å²) in [5.41, 5.74) is 7.10. The van der Waals surface area contributed by atoms with Gasteiger partial charge in [-0.3, -0.25) is 9.59 Å². The first-order valence-electron chi connectivity index (χ1n) is 7.48. The van der Waals surface area contributed by atoms with Crippen molar-refractivity contribution in [3.8, 4) is 0 Å². The molecular weight excluding hydrogens is 266 g/mol. The predicted molar refractivity (Wildman–Crippen MR) is 83.0 cm³/mol. The molecule has 1 aliphatic rings. The molecule has 2 amide bonds. The monoisotopic (exact) mass is 289 g/mol. The van der Waals surface area contributed by atoms with E-state index in [-0.39, 0.29) is 23.8 Å². The highest BCUT2D eigenvalue weighted by Gasteiger charge is 2.24. The minimum Gasteiger partial charge on any atom is -0.355 e. The Kier molecular flexibility index (Phi) is 5.33. The highest BCUT2D eigenvalue weighted by atomic mass is 16.2. The highest BCUT2D eigenvalue weighted by Crippen LogP contribution is 2.26. The van der Waals surface area contributed by atoms with Gasteiger partial charge in [-0.25, -0.2) is 0 Å². The Labute approximate surface area is 125 Å². The molecule has 1 aliphatic carbocycles. The van der Waals surface area contributed by atoms with Crippen LogP contribution < -0.4 is 16.4 Å². The van der Waals surface area contributed by atoms with Gasteiger partial charge in [-0.15, -0.1) is 0 Å². The fourth-order valence-corrected chi connectivity index (χ4v) is 2.85. The second kappa shape index (κ2) is 7.22. The smallest absolute Gasteiger partial charge is 0.253 e. The van der Waals surface area contributed by atoms with E-state index in [9.17, 15) is 9.59 Å². The Hall–Kier alpha value is -1.88. The zero-order valence-electron chi connectivity index (χ0n) is 12.4. The molecule has 4 N–H and O–H groups in total. The largest absolute Gasteiger partial charge is 0.355 e. The number of para-hydroxylation sites is 1. The van der Waals surface area contributed by atoms with Gasteiger partial charge in [0.2, 0.25) is 5.91 Å². The molecule has 2 rings (SSSR count). The zero-order chi connectivity index (χ0) is 15.2. The summed E-state index contributed by atoms with van der Waals surface area (Å²) in [5.74, 6) is -0.0418. The Bertz CT molecular complexity index is 516. The van der Waals surface area contributed by atoms with Crippen LogP contribution >= 0.6 is 0 Å². The summed E-state index contributed by atoms with van der Waals surface area (Å²) >= 11 is 0. The third-order valence-electron chi connectivity index (χ3n) is 4.09. The average Bonchev–Trinajstić information content (AvgIpc) is 2.49. The second-order valence-corrected chi connectivity index (χ2v) is 5.59. The lowest BCUT2D eigenvalue weighted by molar-refractivity contribution is -0.117. The van der Waals surface area contributed by atoms with Crippen molar-refractivity contribution in [3.05, 3.63) is 29.8 Å². The van der Waals surface area contributed by atoms with Gasteiger partial charge in [-0.2, -0.15) is 0 Å². The van der Waals surface area contributed by atoms with E-state index in [1.807, 2.05) is 0 Å². The molecule has 0 aromatic heterocycles. The topological polar surface area (TPSA) is 84.2 Å². The van der Waals surface area contributed by atoms with E-state index < -0.39 is 0 Å². The maximum atomic E-state index is 12.2. The number of carbonyl (C=O) groups excluding carboxylic acids is 2. The SMILES string of the molecule is CNC(=O)c1ccccc1NC(=O)CC1CCCCC1N. The predicted octanol–water partition coefficient (Wildman–Crippen LogP) is 1.89. The number of hydrogen-bond donors (Lipinski definition) is 3. The van der Waals surface area contributed by atoms with Crippen LogP contribution in [0.2, 0.25) is 0 Å². The normalized spacial score (nSPS) is 21.6. The lowest BCUT2D eigenvalue weighted by Gasteiger charge is -2.28. The first-order valence-corrected chi connectivity index (χ1v) is 7.48. The number of anilines is 1. The Balaban J connectivity index is 2.01. The van der Waals surface area contributed by atoms with Crippen LogP contribution in [0.4, 0.5) is 5.69 Å². The van der Waals surface area contributed by atoms with Crippen LogP contribution in [0.25, 0.3) is 0 Å². The highest BCUT2D eigenvalue weighted by molar-refractivity contribution is 6.03. The molecule has 2 atom stereocenters. The molecule has 5 nitrogen and oxygen atoms in total. The molecule has 21 heavy (non-hydrogen) atoms. The molecule has 1 aromatic rings. The van der Waals surface area contributed by atoms with Crippen LogP contribution in [-0.2, 0) is 4.79 Å². The molecule has 0 radical (unpaired) electrons. The summed E-state index contributed by atoms with van der Waals surface area (Å²) in [4.78, 5) is 24.0. The minimum atomic E-state index is -0.208. The van der Waals surface area contributed by atoms with Gasteiger partial charge in [-0.1, -0.05) is 25.0 Å². The van der Waals surface area contributed by atoms with Gasteiger partial charge in [0.15, 0.2) is 0 Å². The standard InChI is InChI=1S/C16H23N3O2/c1-18-16(21)12-7-3-5-9-14(12)19-15(20)10-11-6-2-4-8-13(11)17/h3,5,7,9,11,13H,2,4,6,8,10,17H2,1H3,(H,18,21)(H,19,20). The van der Waals surface area contributed by atoms with E-state index in [1.165, 1.54) is 0 Å². The molecular formula is C16H23N3O2. The molecule has 114 valence electrons. The summed E-state index contributed by atoms with van der Waals surface area (Å²) in [5, 5.41) is 5.41. The number of amides is 2. The summed E-state index contributed by atoms with van der Waals surface area (Å²) in [6.07, 6.45) is 4.71. The molecule has 0 bridgehead atoms. The molecule has 0 saturated heterocycles. The molecule has 5 heteroatoms. The third-order valence-corrected chi connectivity index (χ3v) is 4.09. The first-order chi connectivity index (χ1) is 10.1. The Morgan fingerprint density at radius 1 is 1.24 bits per heavy atom. The van der Waals surface area contributed by atoms with Crippen LogP contribution in [-0.4, -0.2) is 24.9 Å². The summed E-state index contributed by atoms with van der Waals surface area (Å²) in [6, 6.07) is 7.12. The molecule has 0 aliphatic heterocycles. The summed E-state index contributed by atoms with van der Waals surface area (Å²) in [6.45, 7) is 0. The van der Waals surface area contributed by atoms with Crippen molar-refractivity contribution in [3.63, 3.8) is 0 Å². The first kappa shape index (κ1) is 15.5. The van der Waals surface area contributed by atoms with E-state index in [2.05, 4.69) is 10.6 Å². The molecule has 0 heterocycles. The van der Waals surface area contributed by atoms with E-state index >= 15 is 0 Å². The van der Waals surface area contributed by atoms with Gasteiger partial charge in [0.25, 0.3) is 5.91 Å². The quantitative estimate of drug-likeness (QED) is 0.791. The molecule has 1 fully saturated rings. The van der Waals surface area contributed by atoms with Crippen LogP contribution in [0.3, 0.4) is 0 Å². The fourth-order valence-electron chi connectivity index (χ4n) is 2.85. The van der Waals surface area contributed by atoms with Crippen molar-refractivity contribution >= 4 is 17.5 Å². The van der Waals surface area contributed by atoms with Gasteiger partial charge in [0, 0.05) is 19.5 Å². The van der Waals surface area contributed by atoms with Crippen LogP contribution in [0, 0.1) is 5.92 Å². The number of hydrogen-bond acceptors (Lipinski definition) is 3. The Morgan fingerprint density at radius 3 is 2.67 bits per heavy atom. The fraction of sp³-hybridized carbons (Fsp3) is 0.500. The van der Waals surface area contributed by atoms with Crippen molar-refractivity contribution in [2.45, 2.75) is 38.1 Å². The van der Waals surface area contributed by atoms with Gasteiger partial charge >= 0.3 is 0 Å². The maximum absolute atomic E-state index is 12.2. The molecule has 1 aromatic carbocycles. The number of carbonyl (C=O) groups is 2. The van der Waals surface area contributed by atoms with E-state index in [1.54, 1.807) is 31.3 Å². The second-order valence-electron chi connectivity index (χ2n) is 5.59.